The van der Waals surface area contributed by atoms with Gasteiger partial charge >= 0.3 is 5.97 Å². The molecule has 1 aliphatic heterocycles. The van der Waals surface area contributed by atoms with Gasteiger partial charge in [0.15, 0.2) is 0 Å². The van der Waals surface area contributed by atoms with Crippen LogP contribution in [0, 0.1) is 5.92 Å². The van der Waals surface area contributed by atoms with Crippen LogP contribution in [0.4, 0.5) is 11.4 Å². The minimum Gasteiger partial charge on any atom is -0.478 e. The Kier molecular flexibility index (Phi) is 5.62. The SMILES string of the molecule is CC1CCN(c2ccc(NS(=O)(=O)c3ccccc3Cl)cc2C(=O)O)CC1. The van der Waals surface area contributed by atoms with E-state index in [0.717, 1.165) is 25.9 Å². The molecule has 27 heavy (non-hydrogen) atoms. The van der Waals surface area contributed by atoms with Crippen molar-refractivity contribution in [3.63, 3.8) is 0 Å². The predicted octanol–water partition coefficient (Wildman–Crippen LogP) is 4.08. The van der Waals surface area contributed by atoms with Crippen LogP contribution >= 0.6 is 11.6 Å². The molecule has 1 saturated heterocycles. The summed E-state index contributed by atoms with van der Waals surface area (Å²) in [6.07, 6.45) is 2.00. The number of hydrogen-bond acceptors (Lipinski definition) is 4. The molecule has 2 N–H and O–H groups in total. The van der Waals surface area contributed by atoms with Crippen LogP contribution in [0.1, 0.15) is 30.1 Å². The average Bonchev–Trinajstić information content (AvgIpc) is 2.62. The lowest BCUT2D eigenvalue weighted by Crippen LogP contribution is -2.33. The average molecular weight is 409 g/mol. The molecular weight excluding hydrogens is 388 g/mol. The van der Waals surface area contributed by atoms with Crippen LogP contribution in [-0.2, 0) is 10.0 Å². The zero-order valence-corrected chi connectivity index (χ0v) is 16.4. The first kappa shape index (κ1) is 19.5. The molecule has 6 nitrogen and oxygen atoms in total. The molecule has 144 valence electrons. The highest BCUT2D eigenvalue weighted by molar-refractivity contribution is 7.92. The normalized spacial score (nSPS) is 15.6. The van der Waals surface area contributed by atoms with E-state index < -0.39 is 16.0 Å². The standard InChI is InChI=1S/C19H21ClN2O4S/c1-13-8-10-22(11-9-13)17-7-6-14(12-15(17)19(23)24)21-27(25,26)18-5-3-2-4-16(18)20/h2-7,12-13,21H,8-11H2,1H3,(H,23,24). The number of carbonyl (C=O) groups is 1. The lowest BCUT2D eigenvalue weighted by molar-refractivity contribution is 0.0697. The summed E-state index contributed by atoms with van der Waals surface area (Å²) in [6, 6.07) is 10.7. The summed E-state index contributed by atoms with van der Waals surface area (Å²) in [5.74, 6) is -0.473. The zero-order valence-electron chi connectivity index (χ0n) is 14.9. The van der Waals surface area contributed by atoms with Gasteiger partial charge in [-0.1, -0.05) is 30.7 Å². The van der Waals surface area contributed by atoms with Crippen LogP contribution in [-0.4, -0.2) is 32.6 Å². The van der Waals surface area contributed by atoms with Gasteiger partial charge in [0.25, 0.3) is 10.0 Å². The molecule has 2 aromatic carbocycles. The molecule has 8 heteroatoms. The van der Waals surface area contributed by atoms with Crippen molar-refractivity contribution in [1.82, 2.24) is 0 Å². The number of nitrogens with one attached hydrogen (secondary N) is 1. The molecule has 0 aliphatic carbocycles. The van der Waals surface area contributed by atoms with Gasteiger partial charge in [0, 0.05) is 18.8 Å². The maximum Gasteiger partial charge on any atom is 0.337 e. The number of anilines is 2. The van der Waals surface area contributed by atoms with E-state index in [0.29, 0.717) is 11.6 Å². The Balaban J connectivity index is 1.90. The highest BCUT2D eigenvalue weighted by Gasteiger charge is 2.23. The fourth-order valence-corrected chi connectivity index (χ4v) is 4.74. The maximum absolute atomic E-state index is 12.6. The minimum absolute atomic E-state index is 0.0577. The third kappa shape index (κ3) is 4.36. The Morgan fingerprint density at radius 2 is 1.85 bits per heavy atom. The lowest BCUT2D eigenvalue weighted by Gasteiger charge is -2.33. The van der Waals surface area contributed by atoms with Gasteiger partial charge < -0.3 is 10.0 Å². The van der Waals surface area contributed by atoms with Crippen LogP contribution in [0.15, 0.2) is 47.4 Å². The highest BCUT2D eigenvalue weighted by atomic mass is 35.5. The molecule has 0 spiro atoms. The fourth-order valence-electron chi connectivity index (χ4n) is 3.17. The van der Waals surface area contributed by atoms with Crippen molar-refractivity contribution in [1.29, 1.82) is 0 Å². The van der Waals surface area contributed by atoms with Crippen molar-refractivity contribution in [3.05, 3.63) is 53.1 Å². The van der Waals surface area contributed by atoms with E-state index in [-0.39, 0.29) is 21.2 Å². The molecule has 0 atom stereocenters. The van der Waals surface area contributed by atoms with Gasteiger partial charge in [0.2, 0.25) is 0 Å². The molecule has 3 rings (SSSR count). The maximum atomic E-state index is 12.6. The van der Waals surface area contributed by atoms with E-state index in [4.69, 9.17) is 11.6 Å². The minimum atomic E-state index is -3.92. The third-order valence-electron chi connectivity index (χ3n) is 4.73. The van der Waals surface area contributed by atoms with Gasteiger partial charge in [-0.05, 0) is 49.1 Å². The van der Waals surface area contributed by atoms with E-state index in [1.54, 1.807) is 24.3 Å². The Hall–Kier alpha value is -2.25. The Morgan fingerprint density at radius 1 is 1.19 bits per heavy atom. The van der Waals surface area contributed by atoms with Crippen LogP contribution in [0.25, 0.3) is 0 Å². The number of benzene rings is 2. The Bertz CT molecular complexity index is 954. The van der Waals surface area contributed by atoms with Gasteiger partial charge in [0.05, 0.1) is 16.3 Å². The molecule has 1 heterocycles. The van der Waals surface area contributed by atoms with E-state index in [1.165, 1.54) is 18.2 Å². The van der Waals surface area contributed by atoms with Crippen molar-refractivity contribution in [3.8, 4) is 0 Å². The number of piperidine rings is 1. The van der Waals surface area contributed by atoms with Crippen LogP contribution in [0.5, 0.6) is 0 Å². The number of carboxylic acid groups (broad SMARTS) is 1. The molecular formula is C19H21ClN2O4S. The van der Waals surface area contributed by atoms with Crippen LogP contribution in [0.2, 0.25) is 5.02 Å². The first-order valence-electron chi connectivity index (χ1n) is 8.67. The Morgan fingerprint density at radius 3 is 2.48 bits per heavy atom. The van der Waals surface area contributed by atoms with Crippen LogP contribution in [0.3, 0.4) is 0 Å². The largest absolute Gasteiger partial charge is 0.478 e. The molecule has 0 unspecified atom stereocenters. The number of aromatic carboxylic acids is 1. The number of hydrogen-bond donors (Lipinski definition) is 2. The summed E-state index contributed by atoms with van der Waals surface area (Å²) < 4.78 is 27.6. The van der Waals surface area contributed by atoms with E-state index in [2.05, 4.69) is 11.6 Å². The highest BCUT2D eigenvalue weighted by Crippen LogP contribution is 2.30. The molecule has 1 aliphatic rings. The van der Waals surface area contributed by atoms with Gasteiger partial charge in [-0.3, -0.25) is 4.72 Å². The number of nitrogens with zero attached hydrogens (tertiary/aromatic N) is 1. The van der Waals surface area contributed by atoms with Gasteiger partial charge in [-0.25, -0.2) is 13.2 Å². The van der Waals surface area contributed by atoms with Crippen molar-refractivity contribution in [2.45, 2.75) is 24.7 Å². The number of halogens is 1. The third-order valence-corrected chi connectivity index (χ3v) is 6.61. The second kappa shape index (κ2) is 7.78. The Labute approximate surface area is 163 Å². The van der Waals surface area contributed by atoms with Crippen molar-refractivity contribution in [2.24, 2.45) is 5.92 Å². The second-order valence-corrected chi connectivity index (χ2v) is 8.80. The summed E-state index contributed by atoms with van der Waals surface area (Å²) >= 11 is 5.98. The van der Waals surface area contributed by atoms with E-state index in [1.807, 2.05) is 4.90 Å². The van der Waals surface area contributed by atoms with Gasteiger partial charge in [0.1, 0.15) is 4.90 Å². The predicted molar refractivity (Wildman–Crippen MR) is 106 cm³/mol. The van der Waals surface area contributed by atoms with Crippen molar-refractivity contribution in [2.75, 3.05) is 22.7 Å². The second-order valence-electron chi connectivity index (χ2n) is 6.74. The summed E-state index contributed by atoms with van der Waals surface area (Å²) in [5, 5.41) is 9.71. The number of rotatable bonds is 5. The lowest BCUT2D eigenvalue weighted by atomic mass is 9.98. The molecule has 0 radical (unpaired) electrons. The van der Waals surface area contributed by atoms with E-state index >= 15 is 0 Å². The molecule has 0 saturated carbocycles. The fraction of sp³-hybridized carbons (Fsp3) is 0.316. The zero-order chi connectivity index (χ0) is 19.6. The first-order chi connectivity index (χ1) is 12.8. The number of sulfonamides is 1. The summed E-state index contributed by atoms with van der Waals surface area (Å²) in [4.78, 5) is 13.7. The molecule has 0 bridgehead atoms. The summed E-state index contributed by atoms with van der Waals surface area (Å²) in [5.41, 5.74) is 0.862. The van der Waals surface area contributed by atoms with Crippen LogP contribution < -0.4 is 9.62 Å². The van der Waals surface area contributed by atoms with Crippen molar-refractivity contribution >= 4 is 39.0 Å². The summed E-state index contributed by atoms with van der Waals surface area (Å²) in [7, 11) is -3.92. The van der Waals surface area contributed by atoms with Crippen molar-refractivity contribution < 1.29 is 18.3 Å². The smallest absolute Gasteiger partial charge is 0.337 e. The molecule has 0 amide bonds. The topological polar surface area (TPSA) is 86.7 Å². The van der Waals surface area contributed by atoms with Gasteiger partial charge in [-0.2, -0.15) is 0 Å². The monoisotopic (exact) mass is 408 g/mol. The summed E-state index contributed by atoms with van der Waals surface area (Å²) in [6.45, 7) is 3.75. The van der Waals surface area contributed by atoms with Gasteiger partial charge in [-0.15, -0.1) is 0 Å². The molecule has 2 aromatic rings. The molecule has 0 aromatic heterocycles. The first-order valence-corrected chi connectivity index (χ1v) is 10.5. The quantitative estimate of drug-likeness (QED) is 0.778. The number of carboxylic acids is 1. The van der Waals surface area contributed by atoms with E-state index in [9.17, 15) is 18.3 Å². The molecule has 1 fully saturated rings.